The molecule has 1 aromatic rings. The van der Waals surface area contributed by atoms with Crippen LogP contribution in [0.3, 0.4) is 0 Å². The number of benzene rings is 1. The first-order chi connectivity index (χ1) is 13.2. The van der Waals surface area contributed by atoms with E-state index in [2.05, 4.69) is 20.5 Å². The fourth-order valence-corrected chi connectivity index (χ4v) is 2.94. The molecule has 1 heterocycles. The molecule has 0 radical (unpaired) electrons. The van der Waals surface area contributed by atoms with Gasteiger partial charge in [-0.2, -0.15) is 0 Å². The number of nitrogens with zero attached hydrogens (tertiary/aromatic N) is 2. The molecule has 2 rings (SSSR count). The first kappa shape index (κ1) is 21.8. The van der Waals surface area contributed by atoms with Crippen molar-refractivity contribution in [1.29, 1.82) is 0 Å². The molecular weight excluding hydrogens is 363 g/mol. The van der Waals surface area contributed by atoms with Gasteiger partial charge < -0.3 is 25.0 Å². The van der Waals surface area contributed by atoms with Gasteiger partial charge in [-0.1, -0.05) is 6.07 Å². The van der Waals surface area contributed by atoms with E-state index in [1.54, 1.807) is 12.1 Å². The van der Waals surface area contributed by atoms with Gasteiger partial charge in [-0.15, -0.1) is 0 Å². The Morgan fingerprint density at radius 1 is 1.39 bits per heavy atom. The van der Waals surface area contributed by atoms with E-state index in [-0.39, 0.29) is 11.8 Å². The number of hydrogen-bond donors (Lipinski definition) is 2. The topological polar surface area (TPSA) is 75.2 Å². The summed E-state index contributed by atoms with van der Waals surface area (Å²) >= 11 is 0. The normalized spacial score (nSPS) is 17.4. The molecule has 0 aromatic heterocycles. The summed E-state index contributed by atoms with van der Waals surface area (Å²) in [4.78, 5) is 18.7. The van der Waals surface area contributed by atoms with Crippen LogP contribution >= 0.6 is 0 Å². The van der Waals surface area contributed by atoms with E-state index in [9.17, 15) is 9.18 Å². The fraction of sp³-hybridized carbons (Fsp3) is 0.600. The first-order valence-electron chi connectivity index (χ1n) is 9.57. The lowest BCUT2D eigenvalue weighted by atomic mass is 10.2. The van der Waals surface area contributed by atoms with Gasteiger partial charge >= 0.3 is 6.09 Å². The van der Waals surface area contributed by atoms with Crippen LogP contribution in [0.5, 0.6) is 5.75 Å². The summed E-state index contributed by atoms with van der Waals surface area (Å²) in [6.07, 6.45) is 0.399. The molecule has 0 bridgehead atoms. The number of carbonyl (C=O) groups is 1. The molecule has 1 unspecified atom stereocenters. The smallest absolute Gasteiger partial charge is 0.407 e. The van der Waals surface area contributed by atoms with Crippen molar-refractivity contribution in [3.8, 4) is 5.75 Å². The monoisotopic (exact) mass is 394 g/mol. The largest absolute Gasteiger partial charge is 0.494 e. The molecule has 0 saturated carbocycles. The second-order valence-corrected chi connectivity index (χ2v) is 7.72. The highest BCUT2D eigenvalue weighted by Crippen LogP contribution is 2.18. The van der Waals surface area contributed by atoms with Gasteiger partial charge in [-0.25, -0.2) is 14.2 Å². The molecule has 1 fully saturated rings. The van der Waals surface area contributed by atoms with Crippen molar-refractivity contribution in [2.75, 3.05) is 26.7 Å². The predicted octanol–water partition coefficient (Wildman–Crippen LogP) is 2.90. The minimum Gasteiger partial charge on any atom is -0.494 e. The van der Waals surface area contributed by atoms with Gasteiger partial charge in [0.05, 0.1) is 19.7 Å². The van der Waals surface area contributed by atoms with E-state index in [1.807, 2.05) is 27.7 Å². The first-order valence-corrected chi connectivity index (χ1v) is 9.57. The van der Waals surface area contributed by atoms with Crippen LogP contribution in [0.2, 0.25) is 0 Å². The molecule has 2 N–H and O–H groups in total. The third kappa shape index (κ3) is 6.58. The van der Waals surface area contributed by atoms with Gasteiger partial charge in [0.1, 0.15) is 5.60 Å². The zero-order valence-corrected chi connectivity index (χ0v) is 17.3. The van der Waals surface area contributed by atoms with Gasteiger partial charge in [-0.3, -0.25) is 0 Å². The Bertz CT molecular complexity index is 703. The highest BCUT2D eigenvalue weighted by atomic mass is 19.1. The maximum absolute atomic E-state index is 13.9. The summed E-state index contributed by atoms with van der Waals surface area (Å²) in [5.41, 5.74) is 0.239. The Morgan fingerprint density at radius 2 is 2.14 bits per heavy atom. The van der Waals surface area contributed by atoms with Gasteiger partial charge in [0.25, 0.3) is 0 Å². The number of carbonyl (C=O) groups excluding carboxylic acids is 1. The van der Waals surface area contributed by atoms with Crippen LogP contribution < -0.4 is 15.4 Å². The average molecular weight is 394 g/mol. The van der Waals surface area contributed by atoms with Gasteiger partial charge in [0.2, 0.25) is 0 Å². The van der Waals surface area contributed by atoms with Crippen LogP contribution in [0.4, 0.5) is 9.18 Å². The summed E-state index contributed by atoms with van der Waals surface area (Å²) in [5.74, 6) is 0.561. The van der Waals surface area contributed by atoms with Gasteiger partial charge in [0, 0.05) is 19.6 Å². The number of amides is 1. The van der Waals surface area contributed by atoms with Crippen molar-refractivity contribution < 1.29 is 18.7 Å². The van der Waals surface area contributed by atoms with Gasteiger partial charge in [0.15, 0.2) is 17.5 Å². The van der Waals surface area contributed by atoms with E-state index >= 15 is 0 Å². The number of likely N-dealkylation sites (tertiary alicyclic amines) is 1. The van der Waals surface area contributed by atoms with Crippen molar-refractivity contribution in [1.82, 2.24) is 15.5 Å². The zero-order valence-electron chi connectivity index (χ0n) is 17.3. The molecule has 7 nitrogen and oxygen atoms in total. The van der Waals surface area contributed by atoms with E-state index in [1.165, 1.54) is 13.2 Å². The molecular formula is C20H31FN4O3. The molecule has 0 aliphatic carbocycles. The van der Waals surface area contributed by atoms with E-state index in [0.29, 0.717) is 13.1 Å². The highest BCUT2D eigenvalue weighted by Gasteiger charge is 2.27. The second-order valence-electron chi connectivity index (χ2n) is 7.72. The van der Waals surface area contributed by atoms with Crippen LogP contribution in [0.1, 0.15) is 39.7 Å². The van der Waals surface area contributed by atoms with Crippen LogP contribution in [-0.2, 0) is 11.3 Å². The van der Waals surface area contributed by atoms with Crippen molar-refractivity contribution in [2.24, 2.45) is 4.99 Å². The molecule has 8 heteroatoms. The summed E-state index contributed by atoms with van der Waals surface area (Å²) in [6, 6.07) is 4.83. The molecule has 1 aliphatic heterocycles. The number of alkyl carbamates (subject to hydrolysis) is 1. The second kappa shape index (κ2) is 9.61. The summed E-state index contributed by atoms with van der Waals surface area (Å²) < 4.78 is 24.1. The number of aliphatic imine (C=N–C) groups is 1. The lowest BCUT2D eigenvalue weighted by Crippen LogP contribution is -2.44. The Kier molecular flexibility index (Phi) is 7.48. The Balaban J connectivity index is 1.97. The molecule has 1 amide bonds. The molecule has 156 valence electrons. The Labute approximate surface area is 166 Å². The standard InChI is InChI=1S/C20H31FN4O3/c1-6-22-18(23-12-14-7-8-17(27-5)16(21)11-14)25-10-9-15(13-25)24-19(26)28-20(2,3)4/h7-8,11,15H,6,9-10,12-13H2,1-5H3,(H,22,23)(H,24,26). The number of hydrogen-bond acceptors (Lipinski definition) is 4. The quantitative estimate of drug-likeness (QED) is 0.593. The molecule has 1 aromatic carbocycles. The summed E-state index contributed by atoms with van der Waals surface area (Å²) in [5, 5.41) is 6.16. The maximum Gasteiger partial charge on any atom is 0.407 e. The van der Waals surface area contributed by atoms with Gasteiger partial charge in [-0.05, 0) is 51.8 Å². The highest BCUT2D eigenvalue weighted by molar-refractivity contribution is 5.80. The SMILES string of the molecule is CCNC(=NCc1ccc(OC)c(F)c1)N1CCC(NC(=O)OC(C)(C)C)C1. The Morgan fingerprint density at radius 3 is 2.75 bits per heavy atom. The third-order valence-electron chi connectivity index (χ3n) is 4.17. The lowest BCUT2D eigenvalue weighted by Gasteiger charge is -2.23. The minimum absolute atomic E-state index is 0.00265. The van der Waals surface area contributed by atoms with Crippen molar-refractivity contribution in [3.05, 3.63) is 29.6 Å². The van der Waals surface area contributed by atoms with Crippen molar-refractivity contribution in [3.63, 3.8) is 0 Å². The van der Waals surface area contributed by atoms with Crippen LogP contribution in [0, 0.1) is 5.82 Å². The van der Waals surface area contributed by atoms with Crippen molar-refractivity contribution in [2.45, 2.75) is 52.3 Å². The predicted molar refractivity (Wildman–Crippen MR) is 107 cm³/mol. The van der Waals surface area contributed by atoms with Crippen LogP contribution in [-0.4, -0.2) is 55.3 Å². The molecule has 28 heavy (non-hydrogen) atoms. The minimum atomic E-state index is -0.521. The third-order valence-corrected chi connectivity index (χ3v) is 4.17. The molecule has 1 atom stereocenters. The van der Waals surface area contributed by atoms with Crippen LogP contribution in [0.15, 0.2) is 23.2 Å². The molecule has 1 saturated heterocycles. The molecule has 1 aliphatic rings. The van der Waals surface area contributed by atoms with Crippen LogP contribution in [0.25, 0.3) is 0 Å². The number of nitrogens with one attached hydrogen (secondary N) is 2. The number of halogens is 1. The van der Waals surface area contributed by atoms with E-state index in [4.69, 9.17) is 9.47 Å². The zero-order chi connectivity index (χ0) is 20.7. The number of rotatable bonds is 5. The number of ether oxygens (including phenoxy) is 2. The summed E-state index contributed by atoms with van der Waals surface area (Å²) in [6.45, 7) is 9.99. The lowest BCUT2D eigenvalue weighted by molar-refractivity contribution is 0.0507. The maximum atomic E-state index is 13.9. The van der Waals surface area contributed by atoms with E-state index < -0.39 is 17.5 Å². The average Bonchev–Trinajstić information content (AvgIpc) is 3.05. The molecule has 0 spiro atoms. The summed E-state index contributed by atoms with van der Waals surface area (Å²) in [7, 11) is 1.44. The van der Waals surface area contributed by atoms with Crippen molar-refractivity contribution >= 4 is 12.1 Å². The number of methoxy groups -OCH3 is 1. The fourth-order valence-electron chi connectivity index (χ4n) is 2.94. The van der Waals surface area contributed by atoms with E-state index in [0.717, 1.165) is 31.0 Å². The Hall–Kier alpha value is -2.51. The number of guanidine groups is 1.